The first kappa shape index (κ1) is 22.4. The summed E-state index contributed by atoms with van der Waals surface area (Å²) >= 11 is 1.70. The van der Waals surface area contributed by atoms with Crippen LogP contribution in [0.2, 0.25) is 0 Å². The van der Waals surface area contributed by atoms with Crippen molar-refractivity contribution in [2.75, 3.05) is 26.2 Å². The second-order valence-electron chi connectivity index (χ2n) is 7.70. The first-order valence-corrected chi connectivity index (χ1v) is 12.9. The molecule has 4 rings (SSSR count). The van der Waals surface area contributed by atoms with Crippen molar-refractivity contribution in [3.05, 3.63) is 59.1 Å². The first-order valence-electron chi connectivity index (χ1n) is 10.6. The molecule has 1 aliphatic heterocycles. The van der Waals surface area contributed by atoms with Crippen LogP contribution in [0.4, 0.5) is 0 Å². The molecule has 166 valence electrons. The van der Waals surface area contributed by atoms with Crippen molar-refractivity contribution in [2.24, 2.45) is 0 Å². The monoisotopic (exact) mass is 468 g/mol. The lowest BCUT2D eigenvalue weighted by Gasteiger charge is -2.34. The third-order valence-corrected chi connectivity index (χ3v) is 8.59. The second kappa shape index (κ2) is 9.77. The van der Waals surface area contributed by atoms with Crippen molar-refractivity contribution in [3.8, 4) is 6.07 Å². The van der Waals surface area contributed by atoms with Gasteiger partial charge in [-0.3, -0.25) is 4.79 Å². The van der Waals surface area contributed by atoms with Gasteiger partial charge >= 0.3 is 0 Å². The number of hydrogen-bond acceptors (Lipinski definition) is 6. The molecule has 1 saturated heterocycles. The minimum Gasteiger partial charge on any atom is -0.340 e. The number of aromatic nitrogens is 1. The molecule has 3 aromatic rings. The zero-order valence-electron chi connectivity index (χ0n) is 17.6. The summed E-state index contributed by atoms with van der Waals surface area (Å²) in [6.07, 6.45) is 3.02. The molecule has 0 atom stereocenters. The highest BCUT2D eigenvalue weighted by Crippen LogP contribution is 2.23. The zero-order valence-corrected chi connectivity index (χ0v) is 19.2. The van der Waals surface area contributed by atoms with Crippen LogP contribution >= 0.6 is 11.3 Å². The number of carbonyl (C=O) groups is 1. The van der Waals surface area contributed by atoms with Gasteiger partial charge < -0.3 is 4.90 Å². The summed E-state index contributed by atoms with van der Waals surface area (Å²) in [5.74, 6) is 0.0738. The summed E-state index contributed by atoms with van der Waals surface area (Å²) in [5.41, 5.74) is 1.44. The molecule has 0 radical (unpaired) electrons. The Kier molecular flexibility index (Phi) is 6.84. The summed E-state index contributed by atoms with van der Waals surface area (Å²) < 4.78 is 28.2. The van der Waals surface area contributed by atoms with Gasteiger partial charge in [-0.15, -0.1) is 11.3 Å². The Labute approximate surface area is 192 Å². The van der Waals surface area contributed by atoms with E-state index in [9.17, 15) is 13.2 Å². The molecule has 9 heteroatoms. The molecule has 0 N–H and O–H groups in total. The molecular weight excluding hydrogens is 444 g/mol. The van der Waals surface area contributed by atoms with Crippen molar-refractivity contribution < 1.29 is 13.2 Å². The number of aryl methyl sites for hydroxylation is 1. The van der Waals surface area contributed by atoms with Gasteiger partial charge in [-0.1, -0.05) is 12.1 Å². The highest BCUT2D eigenvalue weighted by molar-refractivity contribution is 7.89. The minimum absolute atomic E-state index is 0.0738. The Morgan fingerprint density at radius 1 is 1.03 bits per heavy atom. The average Bonchev–Trinajstić information content (AvgIpc) is 3.25. The number of fused-ring (bicyclic) bond motifs is 1. The molecule has 0 spiro atoms. The fourth-order valence-corrected chi connectivity index (χ4v) is 6.20. The Hall–Kier alpha value is -2.80. The van der Waals surface area contributed by atoms with Crippen LogP contribution in [0, 0.1) is 11.3 Å². The van der Waals surface area contributed by atoms with E-state index in [0.29, 0.717) is 25.1 Å². The Balaban J connectivity index is 1.23. The van der Waals surface area contributed by atoms with Gasteiger partial charge in [0.15, 0.2) is 0 Å². The van der Waals surface area contributed by atoms with E-state index in [2.05, 4.69) is 11.1 Å². The number of thiazole rings is 1. The number of sulfonamides is 1. The minimum atomic E-state index is -3.62. The molecule has 1 fully saturated rings. The van der Waals surface area contributed by atoms with E-state index >= 15 is 0 Å². The number of carbonyl (C=O) groups excluding carboxylic acids is 1. The van der Waals surface area contributed by atoms with E-state index < -0.39 is 10.0 Å². The topological polar surface area (TPSA) is 94.4 Å². The molecule has 2 heterocycles. The van der Waals surface area contributed by atoms with E-state index in [0.717, 1.165) is 29.8 Å². The summed E-state index contributed by atoms with van der Waals surface area (Å²) in [6, 6.07) is 16.0. The lowest BCUT2D eigenvalue weighted by Crippen LogP contribution is -2.50. The van der Waals surface area contributed by atoms with Crippen LogP contribution in [0.15, 0.2) is 53.4 Å². The van der Waals surface area contributed by atoms with Crippen molar-refractivity contribution in [1.29, 1.82) is 5.26 Å². The molecule has 1 amide bonds. The molecule has 1 aromatic heterocycles. The highest BCUT2D eigenvalue weighted by Gasteiger charge is 2.29. The van der Waals surface area contributed by atoms with Crippen LogP contribution in [0.3, 0.4) is 0 Å². The fourth-order valence-electron chi connectivity index (χ4n) is 3.77. The van der Waals surface area contributed by atoms with E-state index in [1.807, 2.05) is 24.3 Å². The van der Waals surface area contributed by atoms with Crippen LogP contribution in [0.25, 0.3) is 10.2 Å². The summed E-state index contributed by atoms with van der Waals surface area (Å²) in [4.78, 5) is 19.1. The van der Waals surface area contributed by atoms with E-state index in [1.54, 1.807) is 16.2 Å². The predicted molar refractivity (Wildman–Crippen MR) is 124 cm³/mol. The fraction of sp³-hybridized carbons (Fsp3) is 0.348. The third kappa shape index (κ3) is 4.99. The van der Waals surface area contributed by atoms with Crippen molar-refractivity contribution in [2.45, 2.75) is 30.6 Å². The van der Waals surface area contributed by atoms with Crippen molar-refractivity contribution in [3.63, 3.8) is 0 Å². The molecular formula is C23H24N4O3S2. The maximum absolute atomic E-state index is 12.8. The predicted octanol–water partition coefficient (Wildman–Crippen LogP) is 3.41. The lowest BCUT2D eigenvalue weighted by molar-refractivity contribution is -0.132. The molecule has 0 bridgehead atoms. The Morgan fingerprint density at radius 3 is 2.44 bits per heavy atom. The van der Waals surface area contributed by atoms with E-state index in [1.165, 1.54) is 33.3 Å². The van der Waals surface area contributed by atoms with Crippen LogP contribution in [-0.2, 0) is 21.2 Å². The third-order valence-electron chi connectivity index (χ3n) is 5.58. The lowest BCUT2D eigenvalue weighted by atomic mass is 10.1. The Bertz CT molecular complexity index is 1210. The zero-order chi connectivity index (χ0) is 22.6. The van der Waals surface area contributed by atoms with Gasteiger partial charge in [-0.25, -0.2) is 13.4 Å². The van der Waals surface area contributed by atoms with Crippen LogP contribution in [-0.4, -0.2) is 54.7 Å². The van der Waals surface area contributed by atoms with Gasteiger partial charge in [0.25, 0.3) is 0 Å². The number of benzene rings is 2. The molecule has 0 saturated carbocycles. The molecule has 32 heavy (non-hydrogen) atoms. The number of hydrogen-bond donors (Lipinski definition) is 0. The molecule has 0 unspecified atom stereocenters. The van der Waals surface area contributed by atoms with Crippen LogP contribution in [0.1, 0.15) is 29.8 Å². The maximum Gasteiger partial charge on any atom is 0.243 e. The summed E-state index contributed by atoms with van der Waals surface area (Å²) in [7, 11) is -3.62. The van der Waals surface area contributed by atoms with Crippen molar-refractivity contribution >= 4 is 37.5 Å². The molecule has 0 aliphatic carbocycles. The van der Waals surface area contributed by atoms with Gasteiger partial charge in [0.1, 0.15) is 0 Å². The van der Waals surface area contributed by atoms with Gasteiger partial charge in [0.05, 0.1) is 31.8 Å². The highest BCUT2D eigenvalue weighted by atomic mass is 32.2. The van der Waals surface area contributed by atoms with Gasteiger partial charge in [0, 0.05) is 32.6 Å². The number of nitrogens with zero attached hydrogens (tertiary/aromatic N) is 4. The van der Waals surface area contributed by atoms with Gasteiger partial charge in [0.2, 0.25) is 15.9 Å². The standard InChI is InChI=1S/C23H24N4O3S2/c24-17-18-9-11-19(12-10-18)32(29,30)27-15-13-26(14-16-27)23(28)8-4-3-7-22-25-20-5-1-2-6-21(20)31-22/h1-2,5-6,9-12H,3-4,7-8,13-16H2. The number of unbranched alkanes of at least 4 members (excludes halogenated alkanes) is 1. The van der Waals surface area contributed by atoms with Gasteiger partial charge in [-0.05, 0) is 55.7 Å². The molecule has 2 aromatic carbocycles. The Morgan fingerprint density at radius 2 is 1.75 bits per heavy atom. The second-order valence-corrected chi connectivity index (χ2v) is 10.8. The smallest absolute Gasteiger partial charge is 0.243 e. The van der Waals surface area contributed by atoms with E-state index in [-0.39, 0.29) is 23.9 Å². The van der Waals surface area contributed by atoms with E-state index in [4.69, 9.17) is 5.26 Å². The number of nitriles is 1. The quantitative estimate of drug-likeness (QED) is 0.495. The largest absolute Gasteiger partial charge is 0.340 e. The molecule has 7 nitrogen and oxygen atoms in total. The van der Waals surface area contributed by atoms with Crippen molar-refractivity contribution in [1.82, 2.24) is 14.2 Å². The first-order chi connectivity index (χ1) is 15.5. The summed E-state index contributed by atoms with van der Waals surface area (Å²) in [5, 5.41) is 9.97. The van der Waals surface area contributed by atoms with Gasteiger partial charge in [-0.2, -0.15) is 9.57 Å². The number of amides is 1. The average molecular weight is 469 g/mol. The van der Waals surface area contributed by atoms with Crippen LogP contribution < -0.4 is 0 Å². The molecule has 1 aliphatic rings. The SMILES string of the molecule is N#Cc1ccc(S(=O)(=O)N2CCN(C(=O)CCCCc3nc4ccccc4s3)CC2)cc1. The van der Waals surface area contributed by atoms with Crippen LogP contribution in [0.5, 0.6) is 0 Å². The summed E-state index contributed by atoms with van der Waals surface area (Å²) in [6.45, 7) is 1.35. The number of piperazine rings is 1. The number of para-hydroxylation sites is 1. The normalized spacial score (nSPS) is 15.0. The number of rotatable bonds is 7. The maximum atomic E-state index is 12.8.